The van der Waals surface area contributed by atoms with E-state index in [1.807, 2.05) is 12.1 Å². The normalized spacial score (nSPS) is 10.3. The zero-order valence-corrected chi connectivity index (χ0v) is 13.2. The Hall–Kier alpha value is -1.43. The number of benzene rings is 1. The van der Waals surface area contributed by atoms with Gasteiger partial charge in [0.05, 0.1) is 7.11 Å². The molecule has 4 heteroatoms. The Morgan fingerprint density at radius 1 is 1.32 bits per heavy atom. The number of carbonyl (C=O) groups is 1. The molecular formula is C15H14INO2. The van der Waals surface area contributed by atoms with Crippen molar-refractivity contribution in [3.8, 4) is 11.1 Å². The van der Waals surface area contributed by atoms with Gasteiger partial charge in [-0.1, -0.05) is 18.2 Å². The van der Waals surface area contributed by atoms with Gasteiger partial charge in [-0.3, -0.25) is 0 Å². The van der Waals surface area contributed by atoms with Crippen molar-refractivity contribution in [2.75, 3.05) is 7.11 Å². The van der Waals surface area contributed by atoms with E-state index in [4.69, 9.17) is 4.74 Å². The van der Waals surface area contributed by atoms with Crippen LogP contribution in [0.3, 0.4) is 0 Å². The van der Waals surface area contributed by atoms with Gasteiger partial charge in [0.2, 0.25) is 0 Å². The van der Waals surface area contributed by atoms with E-state index < -0.39 is 5.97 Å². The van der Waals surface area contributed by atoms with Crippen molar-refractivity contribution in [2.45, 2.75) is 13.8 Å². The third-order valence-electron chi connectivity index (χ3n) is 3.14. The van der Waals surface area contributed by atoms with Gasteiger partial charge in [0.1, 0.15) is 0 Å². The molecule has 0 spiro atoms. The van der Waals surface area contributed by atoms with Crippen LogP contribution < -0.4 is 0 Å². The van der Waals surface area contributed by atoms with Crippen LogP contribution in [0.15, 0.2) is 30.5 Å². The first-order valence-electron chi connectivity index (χ1n) is 5.85. The summed E-state index contributed by atoms with van der Waals surface area (Å²) in [6.45, 7) is 4.17. The van der Waals surface area contributed by atoms with Crippen LogP contribution in [0, 0.1) is 17.4 Å². The summed E-state index contributed by atoms with van der Waals surface area (Å²) in [6, 6.07) is 8.13. The van der Waals surface area contributed by atoms with E-state index in [0.29, 0.717) is 5.69 Å². The average molecular weight is 367 g/mol. The fourth-order valence-corrected chi connectivity index (χ4v) is 2.59. The number of rotatable bonds is 2. The van der Waals surface area contributed by atoms with Gasteiger partial charge in [0.15, 0.2) is 5.69 Å². The van der Waals surface area contributed by atoms with E-state index in [0.717, 1.165) is 14.7 Å². The Balaban J connectivity index is 2.51. The first-order valence-corrected chi connectivity index (χ1v) is 6.93. The molecule has 0 aliphatic heterocycles. The smallest absolute Gasteiger partial charge is 0.357 e. The van der Waals surface area contributed by atoms with Gasteiger partial charge in [-0.25, -0.2) is 9.78 Å². The highest BCUT2D eigenvalue weighted by Gasteiger charge is 2.13. The van der Waals surface area contributed by atoms with Crippen molar-refractivity contribution in [2.24, 2.45) is 0 Å². The minimum absolute atomic E-state index is 0.358. The molecule has 1 heterocycles. The Morgan fingerprint density at radius 3 is 2.68 bits per heavy atom. The molecule has 2 rings (SSSR count). The Bertz CT molecular complexity index is 638. The molecule has 2 aromatic rings. The molecule has 0 fully saturated rings. The molecule has 0 saturated carbocycles. The van der Waals surface area contributed by atoms with Crippen LogP contribution in [-0.2, 0) is 4.74 Å². The number of esters is 1. The lowest BCUT2D eigenvalue weighted by atomic mass is 9.98. The van der Waals surface area contributed by atoms with Crippen LogP contribution in [-0.4, -0.2) is 18.1 Å². The standard InChI is InChI=1S/C15H14INO2/c1-9-5-4-6-12(10(9)2)11-7-13(16)14(17-8-11)15(18)19-3/h4-8H,1-3H3. The number of ether oxygens (including phenoxy) is 1. The van der Waals surface area contributed by atoms with Crippen LogP contribution in [0.25, 0.3) is 11.1 Å². The lowest BCUT2D eigenvalue weighted by Gasteiger charge is -2.10. The summed E-state index contributed by atoms with van der Waals surface area (Å²) in [5.74, 6) is -0.406. The highest BCUT2D eigenvalue weighted by molar-refractivity contribution is 14.1. The predicted molar refractivity (Wildman–Crippen MR) is 83.2 cm³/mol. The number of methoxy groups -OCH3 is 1. The van der Waals surface area contributed by atoms with E-state index in [-0.39, 0.29) is 0 Å². The highest BCUT2D eigenvalue weighted by Crippen LogP contribution is 2.27. The van der Waals surface area contributed by atoms with Gasteiger partial charge >= 0.3 is 5.97 Å². The topological polar surface area (TPSA) is 39.2 Å². The molecule has 98 valence electrons. The number of hydrogen-bond acceptors (Lipinski definition) is 3. The first-order chi connectivity index (χ1) is 9.04. The minimum atomic E-state index is -0.406. The molecule has 1 aromatic heterocycles. The molecule has 0 aliphatic rings. The zero-order valence-electron chi connectivity index (χ0n) is 11.0. The molecule has 0 radical (unpaired) electrons. The van der Waals surface area contributed by atoms with Crippen molar-refractivity contribution >= 4 is 28.6 Å². The minimum Gasteiger partial charge on any atom is -0.464 e. The van der Waals surface area contributed by atoms with Gasteiger partial charge in [-0.05, 0) is 59.2 Å². The van der Waals surface area contributed by atoms with E-state index in [1.54, 1.807) is 6.20 Å². The summed E-state index contributed by atoms with van der Waals surface area (Å²) in [5, 5.41) is 0. The van der Waals surface area contributed by atoms with Gasteiger partial charge in [-0.2, -0.15) is 0 Å². The average Bonchev–Trinajstić information content (AvgIpc) is 2.41. The Labute approximate surface area is 126 Å². The van der Waals surface area contributed by atoms with Crippen LogP contribution in [0.4, 0.5) is 0 Å². The monoisotopic (exact) mass is 367 g/mol. The molecule has 0 atom stereocenters. The Kier molecular flexibility index (Phi) is 4.19. The van der Waals surface area contributed by atoms with Gasteiger partial charge in [0, 0.05) is 15.3 Å². The van der Waals surface area contributed by atoms with E-state index in [2.05, 4.69) is 53.6 Å². The number of aryl methyl sites for hydroxylation is 1. The second-order valence-electron chi connectivity index (χ2n) is 4.29. The van der Waals surface area contributed by atoms with Gasteiger partial charge < -0.3 is 4.74 Å². The number of aromatic nitrogens is 1. The van der Waals surface area contributed by atoms with Crippen LogP contribution in [0.5, 0.6) is 0 Å². The molecule has 3 nitrogen and oxygen atoms in total. The first kappa shape index (κ1) is 14.0. The summed E-state index contributed by atoms with van der Waals surface area (Å²) in [5.41, 5.74) is 4.98. The van der Waals surface area contributed by atoms with E-state index in [9.17, 15) is 4.79 Å². The SMILES string of the molecule is COC(=O)c1ncc(-c2cccc(C)c2C)cc1I. The second kappa shape index (κ2) is 5.69. The molecule has 0 aliphatic carbocycles. The van der Waals surface area contributed by atoms with E-state index >= 15 is 0 Å². The molecule has 1 aromatic carbocycles. The molecule has 19 heavy (non-hydrogen) atoms. The fraction of sp³-hybridized carbons (Fsp3) is 0.200. The maximum absolute atomic E-state index is 11.5. The van der Waals surface area contributed by atoms with Crippen molar-refractivity contribution in [1.29, 1.82) is 0 Å². The van der Waals surface area contributed by atoms with Crippen LogP contribution >= 0.6 is 22.6 Å². The van der Waals surface area contributed by atoms with Crippen molar-refractivity contribution in [3.05, 3.63) is 50.9 Å². The Morgan fingerprint density at radius 2 is 2.05 bits per heavy atom. The van der Waals surface area contributed by atoms with Gasteiger partial charge in [-0.15, -0.1) is 0 Å². The summed E-state index contributed by atoms with van der Waals surface area (Å²) < 4.78 is 5.49. The summed E-state index contributed by atoms with van der Waals surface area (Å²) in [7, 11) is 1.36. The third-order valence-corrected chi connectivity index (χ3v) is 3.96. The maximum atomic E-state index is 11.5. The lowest BCUT2D eigenvalue weighted by Crippen LogP contribution is -2.06. The van der Waals surface area contributed by atoms with E-state index in [1.165, 1.54) is 18.2 Å². The summed E-state index contributed by atoms with van der Waals surface area (Å²) in [4.78, 5) is 15.7. The number of carbonyl (C=O) groups excluding carboxylic acids is 1. The quantitative estimate of drug-likeness (QED) is 0.600. The number of halogens is 1. The third kappa shape index (κ3) is 2.78. The van der Waals surface area contributed by atoms with Crippen LogP contribution in [0.2, 0.25) is 0 Å². The number of hydrogen-bond donors (Lipinski definition) is 0. The van der Waals surface area contributed by atoms with Crippen LogP contribution in [0.1, 0.15) is 21.6 Å². The predicted octanol–water partition coefficient (Wildman–Crippen LogP) is 3.76. The van der Waals surface area contributed by atoms with Crippen molar-refractivity contribution < 1.29 is 9.53 Å². The molecule has 0 unspecified atom stereocenters. The molecular weight excluding hydrogens is 353 g/mol. The van der Waals surface area contributed by atoms with Gasteiger partial charge in [0.25, 0.3) is 0 Å². The summed E-state index contributed by atoms with van der Waals surface area (Å²) in [6.07, 6.45) is 1.72. The lowest BCUT2D eigenvalue weighted by molar-refractivity contribution is 0.0593. The zero-order chi connectivity index (χ0) is 14.0. The molecule has 0 amide bonds. The largest absolute Gasteiger partial charge is 0.464 e. The fourth-order valence-electron chi connectivity index (χ4n) is 1.90. The number of nitrogens with zero attached hydrogens (tertiary/aromatic N) is 1. The molecule has 0 saturated heterocycles. The van der Waals surface area contributed by atoms with Crippen molar-refractivity contribution in [3.63, 3.8) is 0 Å². The maximum Gasteiger partial charge on any atom is 0.357 e. The molecule has 0 N–H and O–H groups in total. The van der Waals surface area contributed by atoms with Crippen molar-refractivity contribution in [1.82, 2.24) is 4.98 Å². The number of pyridine rings is 1. The highest BCUT2D eigenvalue weighted by atomic mass is 127. The summed E-state index contributed by atoms with van der Waals surface area (Å²) >= 11 is 2.11. The molecule has 0 bridgehead atoms. The second-order valence-corrected chi connectivity index (χ2v) is 5.46.